The van der Waals surface area contributed by atoms with Crippen molar-refractivity contribution in [2.24, 2.45) is 0 Å². The molecule has 0 aliphatic rings. The van der Waals surface area contributed by atoms with Crippen molar-refractivity contribution in [1.82, 2.24) is 4.98 Å². The third-order valence-electron chi connectivity index (χ3n) is 2.06. The van der Waals surface area contributed by atoms with Crippen LogP contribution in [0.3, 0.4) is 0 Å². The summed E-state index contributed by atoms with van der Waals surface area (Å²) in [6.45, 7) is 4.00. The quantitative estimate of drug-likeness (QED) is 0.745. The van der Waals surface area contributed by atoms with E-state index < -0.39 is 0 Å². The fourth-order valence-corrected chi connectivity index (χ4v) is 1.32. The van der Waals surface area contributed by atoms with Crippen molar-refractivity contribution in [2.45, 2.75) is 26.7 Å². The van der Waals surface area contributed by atoms with Gasteiger partial charge in [0.15, 0.2) is 0 Å². The van der Waals surface area contributed by atoms with Crippen LogP contribution in [-0.4, -0.2) is 4.98 Å². The van der Waals surface area contributed by atoms with Crippen LogP contribution in [0.4, 0.5) is 5.69 Å². The first kappa shape index (κ1) is 9.53. The Morgan fingerprint density at radius 3 is 2.85 bits per heavy atom. The summed E-state index contributed by atoms with van der Waals surface area (Å²) in [6.07, 6.45) is 3.44. The average Bonchev–Trinajstić information content (AvgIpc) is 2.12. The molecule has 0 aliphatic carbocycles. The first-order valence-electron chi connectivity index (χ1n) is 4.34. The van der Waals surface area contributed by atoms with Gasteiger partial charge in [0.25, 0.3) is 0 Å². The van der Waals surface area contributed by atoms with E-state index in [1.54, 1.807) is 0 Å². The fraction of sp³-hybridized carbons (Fsp3) is 0.400. The Kier molecular flexibility index (Phi) is 2.86. The minimum absolute atomic E-state index is 0.481. The van der Waals surface area contributed by atoms with E-state index in [0.717, 1.165) is 24.1 Å². The summed E-state index contributed by atoms with van der Waals surface area (Å²) in [5.74, 6) is 0. The largest absolute Gasteiger partial charge is 0.397 e. The van der Waals surface area contributed by atoms with Crippen LogP contribution in [0, 0.1) is 18.3 Å². The Morgan fingerprint density at radius 2 is 2.31 bits per heavy atom. The van der Waals surface area contributed by atoms with E-state index in [0.29, 0.717) is 11.3 Å². The normalized spacial score (nSPS) is 9.62. The van der Waals surface area contributed by atoms with E-state index in [1.807, 2.05) is 13.0 Å². The predicted octanol–water partition coefficient (Wildman–Crippen LogP) is 1.80. The lowest BCUT2D eigenvalue weighted by atomic mass is 10.0. The summed E-state index contributed by atoms with van der Waals surface area (Å²) >= 11 is 0. The number of aromatic nitrogens is 1. The standard InChI is InChI=1S/C10H13N3/c1-3-4-9-7(2)13-6-8(5-11)10(9)12/h6H,3-4H2,1-2H3,(H2,12,13). The highest BCUT2D eigenvalue weighted by molar-refractivity contribution is 5.59. The van der Waals surface area contributed by atoms with Gasteiger partial charge in [0.05, 0.1) is 11.3 Å². The SMILES string of the molecule is CCCc1c(C)ncc(C#N)c1N. The minimum atomic E-state index is 0.481. The summed E-state index contributed by atoms with van der Waals surface area (Å²) in [5.41, 5.74) is 8.84. The second-order valence-electron chi connectivity index (χ2n) is 3.01. The lowest BCUT2D eigenvalue weighted by Crippen LogP contribution is -2.02. The van der Waals surface area contributed by atoms with Gasteiger partial charge in [0, 0.05) is 11.9 Å². The van der Waals surface area contributed by atoms with Gasteiger partial charge in [-0.1, -0.05) is 13.3 Å². The van der Waals surface area contributed by atoms with Gasteiger partial charge >= 0.3 is 0 Å². The number of pyridine rings is 1. The van der Waals surface area contributed by atoms with Crippen LogP contribution in [0.5, 0.6) is 0 Å². The molecule has 1 aromatic heterocycles. The van der Waals surface area contributed by atoms with Crippen LogP contribution in [-0.2, 0) is 6.42 Å². The summed E-state index contributed by atoms with van der Waals surface area (Å²) in [7, 11) is 0. The third-order valence-corrected chi connectivity index (χ3v) is 2.06. The lowest BCUT2D eigenvalue weighted by Gasteiger charge is -2.08. The topological polar surface area (TPSA) is 62.7 Å². The number of aryl methyl sites for hydroxylation is 1. The van der Waals surface area contributed by atoms with E-state index in [-0.39, 0.29) is 0 Å². The Balaban J connectivity index is 3.23. The van der Waals surface area contributed by atoms with Crippen molar-refractivity contribution in [3.63, 3.8) is 0 Å². The lowest BCUT2D eigenvalue weighted by molar-refractivity contribution is 0.900. The zero-order valence-corrected chi connectivity index (χ0v) is 7.96. The number of hydrogen-bond acceptors (Lipinski definition) is 3. The number of rotatable bonds is 2. The molecule has 0 unspecified atom stereocenters. The predicted molar refractivity (Wildman–Crippen MR) is 52.1 cm³/mol. The molecule has 0 aromatic carbocycles. The molecule has 0 saturated carbocycles. The molecule has 0 aliphatic heterocycles. The van der Waals surface area contributed by atoms with Crippen molar-refractivity contribution in [3.05, 3.63) is 23.0 Å². The number of hydrogen-bond donors (Lipinski definition) is 1. The number of nitrogen functional groups attached to an aromatic ring is 1. The molecule has 0 bridgehead atoms. The van der Waals surface area contributed by atoms with Crippen molar-refractivity contribution >= 4 is 5.69 Å². The molecule has 1 rings (SSSR count). The van der Waals surface area contributed by atoms with E-state index in [1.165, 1.54) is 6.20 Å². The molecule has 1 heterocycles. The first-order valence-corrected chi connectivity index (χ1v) is 4.34. The highest BCUT2D eigenvalue weighted by Crippen LogP contribution is 2.20. The Bertz CT molecular complexity index is 350. The van der Waals surface area contributed by atoms with E-state index >= 15 is 0 Å². The van der Waals surface area contributed by atoms with Gasteiger partial charge < -0.3 is 5.73 Å². The second-order valence-corrected chi connectivity index (χ2v) is 3.01. The zero-order chi connectivity index (χ0) is 9.84. The van der Waals surface area contributed by atoms with Gasteiger partial charge in [-0.3, -0.25) is 4.98 Å². The average molecular weight is 175 g/mol. The molecule has 0 radical (unpaired) electrons. The maximum atomic E-state index is 8.73. The monoisotopic (exact) mass is 175 g/mol. The van der Waals surface area contributed by atoms with Crippen molar-refractivity contribution in [2.75, 3.05) is 5.73 Å². The van der Waals surface area contributed by atoms with Gasteiger partial charge in [-0.05, 0) is 18.9 Å². The van der Waals surface area contributed by atoms with Crippen molar-refractivity contribution in [1.29, 1.82) is 5.26 Å². The molecule has 3 heteroatoms. The molecular formula is C10H13N3. The molecule has 0 amide bonds. The molecule has 3 nitrogen and oxygen atoms in total. The second kappa shape index (κ2) is 3.90. The van der Waals surface area contributed by atoms with Crippen LogP contribution in [0.25, 0.3) is 0 Å². The molecule has 2 N–H and O–H groups in total. The van der Waals surface area contributed by atoms with Crippen LogP contribution in [0.2, 0.25) is 0 Å². The summed E-state index contributed by atoms with van der Waals surface area (Å²) in [4.78, 5) is 4.13. The molecule has 1 aromatic rings. The van der Waals surface area contributed by atoms with Gasteiger partial charge in [0.1, 0.15) is 6.07 Å². The van der Waals surface area contributed by atoms with Gasteiger partial charge in [-0.15, -0.1) is 0 Å². The van der Waals surface area contributed by atoms with Crippen LogP contribution < -0.4 is 5.73 Å². The fourth-order valence-electron chi connectivity index (χ4n) is 1.32. The molecule has 13 heavy (non-hydrogen) atoms. The molecular weight excluding hydrogens is 162 g/mol. The zero-order valence-electron chi connectivity index (χ0n) is 7.96. The highest BCUT2D eigenvalue weighted by Gasteiger charge is 2.07. The summed E-state index contributed by atoms with van der Waals surface area (Å²) < 4.78 is 0. The molecule has 0 atom stereocenters. The number of nitriles is 1. The molecule has 0 fully saturated rings. The minimum Gasteiger partial charge on any atom is -0.397 e. The van der Waals surface area contributed by atoms with E-state index in [9.17, 15) is 0 Å². The summed E-state index contributed by atoms with van der Waals surface area (Å²) in [6, 6.07) is 2.03. The molecule has 0 spiro atoms. The van der Waals surface area contributed by atoms with Crippen molar-refractivity contribution < 1.29 is 0 Å². The number of anilines is 1. The maximum Gasteiger partial charge on any atom is 0.103 e. The number of nitrogens with two attached hydrogens (primary N) is 1. The Labute approximate surface area is 78.2 Å². The third kappa shape index (κ3) is 1.78. The van der Waals surface area contributed by atoms with Gasteiger partial charge in [0.2, 0.25) is 0 Å². The number of nitrogens with zero attached hydrogens (tertiary/aromatic N) is 2. The van der Waals surface area contributed by atoms with Crippen LogP contribution in [0.15, 0.2) is 6.20 Å². The van der Waals surface area contributed by atoms with E-state index in [2.05, 4.69) is 11.9 Å². The van der Waals surface area contributed by atoms with Gasteiger partial charge in [-0.2, -0.15) is 5.26 Å². The molecule has 68 valence electrons. The highest BCUT2D eigenvalue weighted by atomic mass is 14.7. The van der Waals surface area contributed by atoms with E-state index in [4.69, 9.17) is 11.0 Å². The van der Waals surface area contributed by atoms with Gasteiger partial charge in [-0.25, -0.2) is 0 Å². The Morgan fingerprint density at radius 1 is 1.62 bits per heavy atom. The van der Waals surface area contributed by atoms with Crippen molar-refractivity contribution in [3.8, 4) is 6.07 Å². The maximum absolute atomic E-state index is 8.73. The summed E-state index contributed by atoms with van der Waals surface area (Å²) in [5, 5.41) is 8.73. The van der Waals surface area contributed by atoms with Crippen LogP contribution >= 0.6 is 0 Å². The molecule has 0 saturated heterocycles. The first-order chi connectivity index (χ1) is 6.20. The smallest absolute Gasteiger partial charge is 0.103 e. The van der Waals surface area contributed by atoms with Crippen LogP contribution in [0.1, 0.15) is 30.2 Å². The Hall–Kier alpha value is -1.56.